The van der Waals surface area contributed by atoms with Crippen molar-refractivity contribution >= 4 is 60.7 Å². The van der Waals surface area contributed by atoms with Crippen molar-refractivity contribution in [3.63, 3.8) is 0 Å². The number of rotatable bonds is 11. The van der Waals surface area contributed by atoms with Crippen molar-refractivity contribution in [3.05, 3.63) is 0 Å². The number of nitrogens with zero attached hydrogens (tertiary/aromatic N) is 3. The Bertz CT molecular complexity index is 596. The second-order valence-electron chi connectivity index (χ2n) is 8.46. The van der Waals surface area contributed by atoms with Gasteiger partial charge in [-0.25, -0.2) is 14.0 Å². The SMILES string of the molecule is CCCC1CCC(C2CCC(OCCC[Si](N=C=S)(N=C=S)N=C=S)CC2)CC1. The molecule has 4 nitrogen and oxygen atoms in total. The van der Waals surface area contributed by atoms with Crippen molar-refractivity contribution < 1.29 is 4.74 Å². The van der Waals surface area contributed by atoms with E-state index >= 15 is 0 Å². The van der Waals surface area contributed by atoms with Crippen LogP contribution in [0, 0.1) is 17.8 Å². The molecule has 2 aliphatic carbocycles. The van der Waals surface area contributed by atoms with E-state index in [-0.39, 0.29) is 0 Å². The average Bonchev–Trinajstić information content (AvgIpc) is 2.73. The fourth-order valence-corrected chi connectivity index (χ4v) is 7.96. The van der Waals surface area contributed by atoms with E-state index in [2.05, 4.69) is 36.4 Å². The molecule has 0 N–H and O–H groups in total. The van der Waals surface area contributed by atoms with Crippen LogP contribution in [-0.2, 0) is 4.74 Å². The highest BCUT2D eigenvalue weighted by Crippen LogP contribution is 2.41. The zero-order chi connectivity index (χ0) is 21.0. The van der Waals surface area contributed by atoms with E-state index in [1.54, 1.807) is 0 Å². The standard InChI is InChI=1S/C21H33N3OS3Si/c1-2-4-18-5-7-19(8-6-18)20-9-11-21(12-10-20)25-13-3-14-29(22-15-26,23-16-27)24-17-28/h18-21H,2-14H2,1H3. The van der Waals surface area contributed by atoms with Gasteiger partial charge in [-0.3, -0.25) is 0 Å². The van der Waals surface area contributed by atoms with E-state index in [4.69, 9.17) is 41.4 Å². The average molecular weight is 468 g/mol. The molecule has 0 aromatic rings. The van der Waals surface area contributed by atoms with E-state index in [0.717, 1.165) is 24.2 Å². The van der Waals surface area contributed by atoms with Crippen LogP contribution in [-0.4, -0.2) is 36.8 Å². The van der Waals surface area contributed by atoms with Crippen molar-refractivity contribution in [2.75, 3.05) is 6.61 Å². The first-order chi connectivity index (χ1) is 14.2. The molecule has 0 atom stereocenters. The zero-order valence-corrected chi connectivity index (χ0v) is 20.9. The summed E-state index contributed by atoms with van der Waals surface area (Å²) in [5.41, 5.74) is 0. The molecule has 0 aromatic heterocycles. The first-order valence-corrected chi connectivity index (χ1v) is 14.3. The van der Waals surface area contributed by atoms with Crippen LogP contribution in [0.3, 0.4) is 0 Å². The molecular weight excluding hydrogens is 435 g/mol. The lowest BCUT2D eigenvalue weighted by Crippen LogP contribution is -2.30. The van der Waals surface area contributed by atoms with Crippen molar-refractivity contribution in [2.45, 2.75) is 89.7 Å². The third-order valence-corrected chi connectivity index (χ3v) is 9.85. The Morgan fingerprint density at radius 3 is 1.83 bits per heavy atom. The van der Waals surface area contributed by atoms with Crippen LogP contribution in [0.15, 0.2) is 14.0 Å². The predicted molar refractivity (Wildman–Crippen MR) is 132 cm³/mol. The molecule has 0 bridgehead atoms. The van der Waals surface area contributed by atoms with Crippen molar-refractivity contribution in [1.82, 2.24) is 0 Å². The second kappa shape index (κ2) is 13.8. The second-order valence-corrected chi connectivity index (χ2v) is 11.7. The molecule has 0 spiro atoms. The van der Waals surface area contributed by atoms with E-state index in [1.165, 1.54) is 64.2 Å². The Labute approximate surface area is 193 Å². The number of ether oxygens (including phenoxy) is 1. The summed E-state index contributed by atoms with van der Waals surface area (Å²) in [6.07, 6.45) is 14.8. The minimum atomic E-state index is -2.78. The smallest absolute Gasteiger partial charge is 0.378 e. The van der Waals surface area contributed by atoms with Crippen LogP contribution in [0.4, 0.5) is 0 Å². The molecule has 2 rings (SSSR count). The normalized spacial score (nSPS) is 28.9. The fraction of sp³-hybridized carbons (Fsp3) is 0.857. The molecular formula is C21H33N3OS3Si. The topological polar surface area (TPSA) is 46.3 Å². The van der Waals surface area contributed by atoms with Gasteiger partial charge in [-0.1, -0.05) is 32.6 Å². The van der Waals surface area contributed by atoms with Gasteiger partial charge in [0.2, 0.25) is 0 Å². The van der Waals surface area contributed by atoms with Gasteiger partial charge in [0, 0.05) is 12.7 Å². The van der Waals surface area contributed by atoms with Gasteiger partial charge in [-0.15, -0.1) is 0 Å². The highest BCUT2D eigenvalue weighted by atomic mass is 32.1. The van der Waals surface area contributed by atoms with Crippen molar-refractivity contribution in [2.24, 2.45) is 31.7 Å². The summed E-state index contributed by atoms with van der Waals surface area (Å²) in [5, 5.41) is 7.15. The van der Waals surface area contributed by atoms with E-state index in [0.29, 0.717) is 18.8 Å². The Morgan fingerprint density at radius 2 is 1.34 bits per heavy atom. The third-order valence-electron chi connectivity index (χ3n) is 6.66. The summed E-state index contributed by atoms with van der Waals surface area (Å²) in [6, 6.07) is 0.639. The molecule has 160 valence electrons. The summed E-state index contributed by atoms with van der Waals surface area (Å²) in [6.45, 7) is 3.00. The number of hydrogen-bond donors (Lipinski definition) is 0. The summed E-state index contributed by atoms with van der Waals surface area (Å²) in [7, 11) is -2.78. The van der Waals surface area contributed by atoms with Crippen LogP contribution in [0.1, 0.15) is 77.6 Å². The van der Waals surface area contributed by atoms with E-state index in [1.807, 2.05) is 0 Å². The van der Waals surface area contributed by atoms with Gasteiger partial charge in [0.25, 0.3) is 0 Å². The number of hydrogen-bond acceptors (Lipinski definition) is 7. The summed E-state index contributed by atoms with van der Waals surface area (Å²) in [5.74, 6) is 2.88. The molecule has 0 saturated heterocycles. The van der Waals surface area contributed by atoms with Gasteiger partial charge in [0.1, 0.15) is 0 Å². The molecule has 0 amide bonds. The largest absolute Gasteiger partial charge is 0.461 e. The van der Waals surface area contributed by atoms with Gasteiger partial charge >= 0.3 is 8.56 Å². The van der Waals surface area contributed by atoms with Gasteiger partial charge in [0.15, 0.2) is 0 Å². The lowest BCUT2D eigenvalue weighted by molar-refractivity contribution is 0.00717. The van der Waals surface area contributed by atoms with E-state index in [9.17, 15) is 0 Å². The molecule has 2 saturated carbocycles. The van der Waals surface area contributed by atoms with Gasteiger partial charge in [-0.2, -0.15) is 0 Å². The lowest BCUT2D eigenvalue weighted by atomic mass is 9.70. The van der Waals surface area contributed by atoms with Crippen LogP contribution >= 0.6 is 36.7 Å². The molecule has 0 aromatic carbocycles. The molecule has 0 unspecified atom stereocenters. The molecule has 2 aliphatic rings. The molecule has 0 heterocycles. The van der Waals surface area contributed by atoms with E-state index < -0.39 is 8.56 Å². The summed E-state index contributed by atoms with van der Waals surface area (Å²) >= 11 is 14.2. The van der Waals surface area contributed by atoms with Crippen molar-refractivity contribution in [3.8, 4) is 0 Å². The zero-order valence-electron chi connectivity index (χ0n) is 17.5. The maximum Gasteiger partial charge on any atom is 0.461 e. The van der Waals surface area contributed by atoms with Crippen LogP contribution in [0.5, 0.6) is 0 Å². The van der Waals surface area contributed by atoms with Crippen LogP contribution in [0.2, 0.25) is 6.04 Å². The third kappa shape index (κ3) is 8.32. The minimum absolute atomic E-state index is 0.385. The summed E-state index contributed by atoms with van der Waals surface area (Å²) in [4.78, 5) is 0. The van der Waals surface area contributed by atoms with Crippen LogP contribution < -0.4 is 0 Å². The van der Waals surface area contributed by atoms with Crippen LogP contribution in [0.25, 0.3) is 0 Å². The lowest BCUT2D eigenvalue weighted by Gasteiger charge is -2.37. The number of isothiocyanates is 3. The Morgan fingerprint density at radius 1 is 0.828 bits per heavy atom. The molecule has 29 heavy (non-hydrogen) atoms. The Balaban J connectivity index is 1.69. The Kier molecular flexibility index (Phi) is 11.8. The summed E-state index contributed by atoms with van der Waals surface area (Å²) < 4.78 is 18.6. The quantitative estimate of drug-likeness (QED) is 0.145. The molecule has 0 aliphatic heterocycles. The maximum absolute atomic E-state index is 6.16. The minimum Gasteiger partial charge on any atom is -0.378 e. The van der Waals surface area contributed by atoms with Crippen molar-refractivity contribution in [1.29, 1.82) is 0 Å². The first kappa shape index (κ1) is 24.8. The molecule has 2 fully saturated rings. The molecule has 8 heteroatoms. The Hall–Kier alpha value is -0.423. The maximum atomic E-state index is 6.16. The number of thiocarbonyl (C=S) groups is 3. The highest BCUT2D eigenvalue weighted by Gasteiger charge is 2.34. The fourth-order valence-electron chi connectivity index (χ4n) is 5.10. The first-order valence-electron chi connectivity index (χ1n) is 11.0. The van der Waals surface area contributed by atoms with Gasteiger partial charge in [0.05, 0.1) is 21.6 Å². The molecule has 0 radical (unpaired) electrons. The highest BCUT2D eigenvalue weighted by molar-refractivity contribution is 7.78. The monoisotopic (exact) mass is 467 g/mol. The predicted octanol–water partition coefficient (Wildman–Crippen LogP) is 6.81. The van der Waals surface area contributed by atoms with Gasteiger partial charge < -0.3 is 4.74 Å². The van der Waals surface area contributed by atoms with Gasteiger partial charge in [-0.05, 0) is 99.4 Å².